The number of carbonyl (C=O) groups is 1. The van der Waals surface area contributed by atoms with Crippen LogP contribution < -0.4 is 0 Å². The SMILES string of the molecule is O=C(CCSc1nnnn1-c1ccccc1)c1ccc(F)cc1. The first kappa shape index (κ1) is 15.4. The van der Waals surface area contributed by atoms with Crippen molar-refractivity contribution in [2.45, 2.75) is 11.6 Å². The molecule has 0 fully saturated rings. The number of carbonyl (C=O) groups excluding carboxylic acids is 1. The number of nitrogens with zero attached hydrogens (tertiary/aromatic N) is 4. The molecule has 0 atom stereocenters. The summed E-state index contributed by atoms with van der Waals surface area (Å²) in [4.78, 5) is 12.0. The zero-order valence-electron chi connectivity index (χ0n) is 12.1. The Morgan fingerprint density at radius 1 is 1.09 bits per heavy atom. The van der Waals surface area contributed by atoms with Gasteiger partial charge in [-0.2, -0.15) is 4.68 Å². The Hall–Kier alpha value is -2.54. The smallest absolute Gasteiger partial charge is 0.214 e. The van der Waals surface area contributed by atoms with Crippen LogP contribution in [0.1, 0.15) is 16.8 Å². The van der Waals surface area contributed by atoms with Crippen LogP contribution in [0.15, 0.2) is 59.8 Å². The lowest BCUT2D eigenvalue weighted by atomic mass is 10.1. The fourth-order valence-corrected chi connectivity index (χ4v) is 2.84. The molecule has 3 aromatic rings. The topological polar surface area (TPSA) is 60.7 Å². The number of hydrogen-bond donors (Lipinski definition) is 0. The molecule has 0 unspecified atom stereocenters. The van der Waals surface area contributed by atoms with Gasteiger partial charge in [-0.05, 0) is 46.8 Å². The molecule has 1 heterocycles. The van der Waals surface area contributed by atoms with Gasteiger partial charge in [0.25, 0.3) is 0 Å². The van der Waals surface area contributed by atoms with Crippen molar-refractivity contribution in [3.63, 3.8) is 0 Å². The van der Waals surface area contributed by atoms with Gasteiger partial charge in [-0.15, -0.1) is 5.10 Å². The molecule has 1 aromatic heterocycles. The van der Waals surface area contributed by atoms with E-state index in [1.807, 2.05) is 30.3 Å². The van der Waals surface area contributed by atoms with Gasteiger partial charge in [0.2, 0.25) is 5.16 Å². The maximum atomic E-state index is 12.9. The molecule has 7 heteroatoms. The molecule has 23 heavy (non-hydrogen) atoms. The number of benzene rings is 2. The van der Waals surface area contributed by atoms with E-state index in [-0.39, 0.29) is 11.6 Å². The molecular formula is C16H13FN4OS. The normalized spacial score (nSPS) is 10.7. The fraction of sp³-hybridized carbons (Fsp3) is 0.125. The molecule has 0 aliphatic heterocycles. The molecule has 0 aliphatic carbocycles. The van der Waals surface area contributed by atoms with Gasteiger partial charge in [-0.25, -0.2) is 4.39 Å². The number of thioether (sulfide) groups is 1. The highest BCUT2D eigenvalue weighted by molar-refractivity contribution is 7.99. The first-order valence-electron chi connectivity index (χ1n) is 6.99. The molecule has 0 bridgehead atoms. The minimum Gasteiger partial charge on any atom is -0.294 e. The van der Waals surface area contributed by atoms with Crippen LogP contribution in [-0.4, -0.2) is 31.7 Å². The maximum absolute atomic E-state index is 12.9. The summed E-state index contributed by atoms with van der Waals surface area (Å²) < 4.78 is 14.5. The van der Waals surface area contributed by atoms with E-state index in [9.17, 15) is 9.18 Å². The summed E-state index contributed by atoms with van der Waals surface area (Å²) in [6.45, 7) is 0. The van der Waals surface area contributed by atoms with Gasteiger partial charge < -0.3 is 0 Å². The number of para-hydroxylation sites is 1. The Bertz CT molecular complexity index is 789. The van der Waals surface area contributed by atoms with Gasteiger partial charge in [0.15, 0.2) is 5.78 Å². The van der Waals surface area contributed by atoms with Crippen molar-refractivity contribution in [2.75, 3.05) is 5.75 Å². The average Bonchev–Trinajstić information content (AvgIpc) is 3.05. The maximum Gasteiger partial charge on any atom is 0.214 e. The highest BCUT2D eigenvalue weighted by atomic mass is 32.2. The first-order valence-corrected chi connectivity index (χ1v) is 7.98. The average molecular weight is 328 g/mol. The van der Waals surface area contributed by atoms with Crippen LogP contribution in [0.3, 0.4) is 0 Å². The summed E-state index contributed by atoms with van der Waals surface area (Å²) in [6.07, 6.45) is 0.331. The quantitative estimate of drug-likeness (QED) is 0.514. The summed E-state index contributed by atoms with van der Waals surface area (Å²) in [5, 5.41) is 12.2. The molecular weight excluding hydrogens is 315 g/mol. The minimum atomic E-state index is -0.349. The zero-order chi connectivity index (χ0) is 16.1. The number of ketones is 1. The number of Topliss-reactive ketones (excluding diaryl/α,β-unsaturated/α-hetero) is 1. The third kappa shape index (κ3) is 3.81. The lowest BCUT2D eigenvalue weighted by Gasteiger charge is -2.04. The number of hydrogen-bond acceptors (Lipinski definition) is 5. The predicted octanol–water partition coefficient (Wildman–Crippen LogP) is 3.17. The van der Waals surface area contributed by atoms with Crippen molar-refractivity contribution in [3.8, 4) is 5.69 Å². The first-order chi connectivity index (χ1) is 11.2. The summed E-state index contributed by atoms with van der Waals surface area (Å²) in [5.41, 5.74) is 1.37. The van der Waals surface area contributed by atoms with Crippen LogP contribution >= 0.6 is 11.8 Å². The molecule has 2 aromatic carbocycles. The number of tetrazole rings is 1. The van der Waals surface area contributed by atoms with Crippen molar-refractivity contribution < 1.29 is 9.18 Å². The largest absolute Gasteiger partial charge is 0.294 e. The molecule has 0 spiro atoms. The zero-order valence-corrected chi connectivity index (χ0v) is 12.9. The Kier molecular flexibility index (Phi) is 4.77. The lowest BCUT2D eigenvalue weighted by Crippen LogP contribution is -2.02. The van der Waals surface area contributed by atoms with E-state index in [0.29, 0.717) is 22.9 Å². The van der Waals surface area contributed by atoms with E-state index < -0.39 is 0 Å². The minimum absolute atomic E-state index is 0.0313. The monoisotopic (exact) mass is 328 g/mol. The van der Waals surface area contributed by atoms with Crippen molar-refractivity contribution >= 4 is 17.5 Å². The third-order valence-electron chi connectivity index (χ3n) is 3.17. The molecule has 0 radical (unpaired) electrons. The molecule has 116 valence electrons. The van der Waals surface area contributed by atoms with Crippen LogP contribution in [0.2, 0.25) is 0 Å². The Morgan fingerprint density at radius 3 is 2.57 bits per heavy atom. The van der Waals surface area contributed by atoms with E-state index in [0.717, 1.165) is 5.69 Å². The molecule has 5 nitrogen and oxygen atoms in total. The highest BCUT2D eigenvalue weighted by Crippen LogP contribution is 2.19. The van der Waals surface area contributed by atoms with Crippen LogP contribution in [0, 0.1) is 5.82 Å². The van der Waals surface area contributed by atoms with Gasteiger partial charge in [0.05, 0.1) is 5.69 Å². The third-order valence-corrected chi connectivity index (χ3v) is 4.09. The highest BCUT2D eigenvalue weighted by Gasteiger charge is 2.11. The Balaban J connectivity index is 1.60. The van der Waals surface area contributed by atoms with Crippen molar-refractivity contribution in [2.24, 2.45) is 0 Å². The standard InChI is InChI=1S/C16H13FN4OS/c17-13-8-6-12(7-9-13)15(22)10-11-23-16-18-19-20-21(16)14-4-2-1-3-5-14/h1-9H,10-11H2. The van der Waals surface area contributed by atoms with E-state index in [1.165, 1.54) is 36.0 Å². The Morgan fingerprint density at radius 2 is 1.83 bits per heavy atom. The summed E-state index contributed by atoms with van der Waals surface area (Å²) in [7, 11) is 0. The second-order valence-corrected chi connectivity index (χ2v) is 5.80. The second kappa shape index (κ2) is 7.15. The summed E-state index contributed by atoms with van der Waals surface area (Å²) in [6, 6.07) is 15.1. The summed E-state index contributed by atoms with van der Waals surface area (Å²) >= 11 is 1.41. The van der Waals surface area contributed by atoms with Gasteiger partial charge in [-0.3, -0.25) is 4.79 Å². The lowest BCUT2D eigenvalue weighted by molar-refractivity contribution is 0.0989. The van der Waals surface area contributed by atoms with Gasteiger partial charge in [0, 0.05) is 17.7 Å². The van der Waals surface area contributed by atoms with Crippen LogP contribution in [0.5, 0.6) is 0 Å². The van der Waals surface area contributed by atoms with E-state index in [1.54, 1.807) is 4.68 Å². The molecule has 3 rings (SSSR count). The molecule has 0 saturated carbocycles. The van der Waals surface area contributed by atoms with Crippen LogP contribution in [0.4, 0.5) is 4.39 Å². The van der Waals surface area contributed by atoms with Crippen molar-refractivity contribution in [3.05, 3.63) is 66.0 Å². The van der Waals surface area contributed by atoms with E-state index in [4.69, 9.17) is 0 Å². The fourth-order valence-electron chi connectivity index (χ4n) is 2.02. The predicted molar refractivity (Wildman–Crippen MR) is 85.2 cm³/mol. The molecule has 0 saturated heterocycles. The van der Waals surface area contributed by atoms with E-state index >= 15 is 0 Å². The van der Waals surface area contributed by atoms with Crippen molar-refractivity contribution in [1.29, 1.82) is 0 Å². The van der Waals surface area contributed by atoms with E-state index in [2.05, 4.69) is 15.5 Å². The number of aromatic nitrogens is 4. The van der Waals surface area contributed by atoms with Gasteiger partial charge in [0.1, 0.15) is 5.82 Å². The molecule has 0 aliphatic rings. The van der Waals surface area contributed by atoms with Gasteiger partial charge in [-0.1, -0.05) is 30.0 Å². The van der Waals surface area contributed by atoms with Gasteiger partial charge >= 0.3 is 0 Å². The number of halogens is 1. The van der Waals surface area contributed by atoms with Crippen molar-refractivity contribution in [1.82, 2.24) is 20.2 Å². The Labute approximate surface area is 136 Å². The second-order valence-electron chi connectivity index (χ2n) is 4.74. The molecule has 0 N–H and O–H groups in total. The van der Waals surface area contributed by atoms with Crippen LogP contribution in [-0.2, 0) is 0 Å². The summed E-state index contributed by atoms with van der Waals surface area (Å²) in [5.74, 6) is 0.165. The molecule has 0 amide bonds. The van der Waals surface area contributed by atoms with Crippen LogP contribution in [0.25, 0.3) is 5.69 Å². The number of rotatable bonds is 6.